The maximum absolute atomic E-state index is 13.3. The second-order valence-corrected chi connectivity index (χ2v) is 11.1. The normalized spacial score (nSPS) is 17.8. The van der Waals surface area contributed by atoms with Crippen molar-refractivity contribution < 1.29 is 13.2 Å². The largest absolute Gasteiger partial charge is 0.289 e. The molecule has 1 aliphatic rings. The number of hydrogen-bond acceptors (Lipinski definition) is 3. The summed E-state index contributed by atoms with van der Waals surface area (Å²) in [6.45, 7) is 0.0353. The van der Waals surface area contributed by atoms with Crippen LogP contribution in [0.3, 0.4) is 0 Å². The predicted molar refractivity (Wildman–Crippen MR) is 134 cm³/mol. The first-order valence-electron chi connectivity index (χ1n) is 9.85. The van der Waals surface area contributed by atoms with Gasteiger partial charge in [0.15, 0.2) is 5.78 Å². The van der Waals surface area contributed by atoms with Crippen LogP contribution in [0.2, 0.25) is 0 Å². The third-order valence-electron chi connectivity index (χ3n) is 5.08. The molecule has 3 aromatic carbocycles. The van der Waals surface area contributed by atoms with Gasteiger partial charge in [-0.3, -0.25) is 4.79 Å². The summed E-state index contributed by atoms with van der Waals surface area (Å²) in [7, 11) is -3.76. The number of carbonyl (C=O) groups excluding carboxylic acids is 1. The monoisotopic (exact) mass is 571 g/mol. The van der Waals surface area contributed by atoms with E-state index in [9.17, 15) is 13.2 Å². The summed E-state index contributed by atoms with van der Waals surface area (Å²) in [5.41, 5.74) is 2.53. The molecule has 0 bridgehead atoms. The van der Waals surface area contributed by atoms with Gasteiger partial charge in [0.1, 0.15) is 0 Å². The molecule has 1 saturated heterocycles. The van der Waals surface area contributed by atoms with Crippen LogP contribution in [-0.2, 0) is 14.8 Å². The van der Waals surface area contributed by atoms with Gasteiger partial charge in [0.2, 0.25) is 10.0 Å². The summed E-state index contributed by atoms with van der Waals surface area (Å²) in [5, 5.41) is 0. The molecule has 0 radical (unpaired) electrons. The van der Waals surface area contributed by atoms with E-state index in [1.165, 1.54) is 4.31 Å². The highest BCUT2D eigenvalue weighted by Gasteiger charge is 2.34. The van der Waals surface area contributed by atoms with Crippen LogP contribution in [0.15, 0.2) is 104 Å². The zero-order valence-electron chi connectivity index (χ0n) is 16.9. The van der Waals surface area contributed by atoms with E-state index < -0.39 is 10.0 Å². The first-order valence-corrected chi connectivity index (χ1v) is 12.9. The molecule has 0 unspecified atom stereocenters. The van der Waals surface area contributed by atoms with E-state index in [1.807, 2.05) is 48.5 Å². The van der Waals surface area contributed by atoms with Crippen LogP contribution < -0.4 is 0 Å². The van der Waals surface area contributed by atoms with Crippen LogP contribution in [0.25, 0.3) is 12.2 Å². The average molecular weight is 573 g/mol. The molecule has 0 atom stereocenters. The van der Waals surface area contributed by atoms with Crippen molar-refractivity contribution in [2.75, 3.05) is 13.1 Å². The molecular formula is C25H19Br2NO3S. The van der Waals surface area contributed by atoms with Gasteiger partial charge in [-0.2, -0.15) is 4.31 Å². The van der Waals surface area contributed by atoms with Gasteiger partial charge in [-0.1, -0.05) is 74.3 Å². The van der Waals surface area contributed by atoms with Crippen LogP contribution in [0.1, 0.15) is 11.1 Å². The molecule has 0 N–H and O–H groups in total. The number of halogens is 2. The lowest BCUT2D eigenvalue weighted by Gasteiger charge is -2.29. The fourth-order valence-electron chi connectivity index (χ4n) is 3.44. The van der Waals surface area contributed by atoms with Crippen molar-refractivity contribution >= 4 is 59.8 Å². The Balaban J connectivity index is 1.77. The second kappa shape index (κ2) is 9.67. The van der Waals surface area contributed by atoms with E-state index in [-0.39, 0.29) is 23.8 Å². The number of Topliss-reactive ketones (excluding diaryl/α,β-unsaturated/α-hetero) is 1. The van der Waals surface area contributed by atoms with Crippen molar-refractivity contribution in [1.82, 2.24) is 4.31 Å². The van der Waals surface area contributed by atoms with Crippen LogP contribution in [0.5, 0.6) is 0 Å². The van der Waals surface area contributed by atoms with Crippen molar-refractivity contribution in [3.63, 3.8) is 0 Å². The number of nitrogens with zero attached hydrogens (tertiary/aromatic N) is 1. The van der Waals surface area contributed by atoms with Gasteiger partial charge in [0, 0.05) is 33.2 Å². The van der Waals surface area contributed by atoms with Gasteiger partial charge < -0.3 is 0 Å². The number of rotatable bonds is 4. The van der Waals surface area contributed by atoms with Gasteiger partial charge in [0.25, 0.3) is 0 Å². The molecular weight excluding hydrogens is 554 g/mol. The Labute approximate surface area is 204 Å². The molecule has 0 aliphatic carbocycles. The van der Waals surface area contributed by atoms with Crippen LogP contribution in [0, 0.1) is 0 Å². The molecule has 1 fully saturated rings. The van der Waals surface area contributed by atoms with Crippen molar-refractivity contribution in [3.05, 3.63) is 110 Å². The second-order valence-electron chi connectivity index (χ2n) is 7.36. The van der Waals surface area contributed by atoms with Crippen LogP contribution >= 0.6 is 31.9 Å². The first-order chi connectivity index (χ1) is 15.3. The van der Waals surface area contributed by atoms with Gasteiger partial charge in [0.05, 0.1) is 4.90 Å². The highest BCUT2D eigenvalue weighted by molar-refractivity contribution is 9.10. The number of benzene rings is 3. The number of hydrogen-bond donors (Lipinski definition) is 0. The first kappa shape index (κ1) is 22.9. The van der Waals surface area contributed by atoms with E-state index in [1.54, 1.807) is 42.5 Å². The van der Waals surface area contributed by atoms with E-state index in [2.05, 4.69) is 31.9 Å². The van der Waals surface area contributed by atoms with Crippen molar-refractivity contribution in [2.45, 2.75) is 4.90 Å². The standard InChI is InChI=1S/C25H19Br2NO3S/c26-22-10-6-18(7-11-22)14-20-16-28(32(30,31)24-4-2-1-3-5-24)17-21(25(20)29)15-19-8-12-23(27)13-9-19/h1-15H,16-17H2. The molecule has 0 amide bonds. The van der Waals surface area contributed by atoms with E-state index in [4.69, 9.17) is 0 Å². The quantitative estimate of drug-likeness (QED) is 0.363. The molecule has 4 rings (SSSR count). The third kappa shape index (κ3) is 5.18. The summed E-state index contributed by atoms with van der Waals surface area (Å²) in [5.74, 6) is -0.143. The minimum Gasteiger partial charge on any atom is -0.289 e. The molecule has 1 aliphatic heterocycles. The van der Waals surface area contributed by atoms with Gasteiger partial charge >= 0.3 is 0 Å². The molecule has 3 aromatic rings. The lowest BCUT2D eigenvalue weighted by Crippen LogP contribution is -2.41. The topological polar surface area (TPSA) is 54.5 Å². The fourth-order valence-corrected chi connectivity index (χ4v) is 5.39. The number of ketones is 1. The summed E-state index contributed by atoms with van der Waals surface area (Å²) in [6, 6.07) is 23.4. The van der Waals surface area contributed by atoms with Gasteiger partial charge in [-0.15, -0.1) is 0 Å². The summed E-state index contributed by atoms with van der Waals surface area (Å²) in [6.07, 6.45) is 3.52. The summed E-state index contributed by atoms with van der Waals surface area (Å²) in [4.78, 5) is 13.5. The zero-order chi connectivity index (χ0) is 22.7. The van der Waals surface area contributed by atoms with Crippen molar-refractivity contribution in [1.29, 1.82) is 0 Å². The SMILES string of the molecule is O=C1C(=Cc2ccc(Br)cc2)CN(S(=O)(=O)c2ccccc2)CC1=Cc1ccc(Br)cc1. The molecule has 7 heteroatoms. The Bertz CT molecular complexity index is 1230. The summed E-state index contributed by atoms with van der Waals surface area (Å²) >= 11 is 6.82. The Morgan fingerprint density at radius 3 is 1.56 bits per heavy atom. The van der Waals surface area contributed by atoms with Crippen LogP contribution in [-0.4, -0.2) is 31.6 Å². The lowest BCUT2D eigenvalue weighted by atomic mass is 9.95. The molecule has 1 heterocycles. The third-order valence-corrected chi connectivity index (χ3v) is 7.94. The molecule has 32 heavy (non-hydrogen) atoms. The molecule has 162 valence electrons. The van der Waals surface area contributed by atoms with Crippen LogP contribution in [0.4, 0.5) is 0 Å². The van der Waals surface area contributed by atoms with Gasteiger partial charge in [-0.05, 0) is 59.7 Å². The van der Waals surface area contributed by atoms with Gasteiger partial charge in [-0.25, -0.2) is 8.42 Å². The Morgan fingerprint density at radius 1 is 0.688 bits per heavy atom. The van der Waals surface area contributed by atoms with E-state index in [0.717, 1.165) is 20.1 Å². The Morgan fingerprint density at radius 2 is 1.12 bits per heavy atom. The number of sulfonamides is 1. The highest BCUT2D eigenvalue weighted by Crippen LogP contribution is 2.27. The fraction of sp³-hybridized carbons (Fsp3) is 0.0800. The number of carbonyl (C=O) groups is 1. The molecule has 0 spiro atoms. The Kier molecular flexibility index (Phi) is 6.90. The van der Waals surface area contributed by atoms with E-state index in [0.29, 0.717) is 11.1 Å². The molecule has 0 saturated carbocycles. The minimum atomic E-state index is -3.76. The highest BCUT2D eigenvalue weighted by atomic mass is 79.9. The van der Waals surface area contributed by atoms with Crippen molar-refractivity contribution in [3.8, 4) is 0 Å². The molecule has 0 aromatic heterocycles. The smallest absolute Gasteiger partial charge is 0.243 e. The predicted octanol–water partition coefficient (Wildman–Crippen LogP) is 5.95. The summed E-state index contributed by atoms with van der Waals surface area (Å²) < 4.78 is 29.9. The average Bonchev–Trinajstić information content (AvgIpc) is 2.80. The zero-order valence-corrected chi connectivity index (χ0v) is 20.9. The van der Waals surface area contributed by atoms with E-state index >= 15 is 0 Å². The lowest BCUT2D eigenvalue weighted by molar-refractivity contribution is -0.113. The minimum absolute atomic E-state index is 0.0177. The van der Waals surface area contributed by atoms with Crippen molar-refractivity contribution in [2.24, 2.45) is 0 Å². The maximum Gasteiger partial charge on any atom is 0.243 e. The molecule has 4 nitrogen and oxygen atoms in total. The maximum atomic E-state index is 13.3. The Hall–Kier alpha value is -2.32. The number of piperidine rings is 1.